The molecule has 0 aromatic heterocycles. The zero-order valence-electron chi connectivity index (χ0n) is 20.7. The molecule has 0 unspecified atom stereocenters. The zero-order valence-corrected chi connectivity index (χ0v) is 20.7. The molecule has 2 fully saturated rings. The van der Waals surface area contributed by atoms with E-state index in [9.17, 15) is 4.79 Å². The smallest absolute Gasteiger partial charge is 0.224 e. The molecule has 0 spiro atoms. The van der Waals surface area contributed by atoms with Crippen molar-refractivity contribution in [3.8, 4) is 5.75 Å². The minimum Gasteiger partial charge on any atom is -0.493 e. The van der Waals surface area contributed by atoms with Crippen molar-refractivity contribution in [3.63, 3.8) is 0 Å². The Balaban J connectivity index is 1.25. The first-order valence-electron chi connectivity index (χ1n) is 13.1. The zero-order chi connectivity index (χ0) is 23.0. The van der Waals surface area contributed by atoms with E-state index in [0.717, 1.165) is 77.6 Å². The standard InChI is InChI=1S/C27H43N3O3/c1-21(2)17-30-18-22(20-33-26-8-7-23-5-3-6-24(23)16-26)15-25(19-30)27(31)28-9-4-10-29-11-13-32-14-12-29/h7-8,16,21-22,25H,3-6,9-15,17-20H2,1-2H3,(H,28,31)/t22-,25+/m0/s1. The van der Waals surface area contributed by atoms with Gasteiger partial charge in [-0.3, -0.25) is 9.69 Å². The van der Waals surface area contributed by atoms with E-state index in [1.54, 1.807) is 0 Å². The predicted molar refractivity (Wildman–Crippen MR) is 132 cm³/mol. The average molecular weight is 458 g/mol. The van der Waals surface area contributed by atoms with Gasteiger partial charge in [0.2, 0.25) is 5.91 Å². The number of hydrogen-bond donors (Lipinski definition) is 1. The highest BCUT2D eigenvalue weighted by Crippen LogP contribution is 2.28. The molecule has 2 heterocycles. The molecule has 2 atom stereocenters. The van der Waals surface area contributed by atoms with E-state index in [1.807, 2.05) is 0 Å². The second-order valence-corrected chi connectivity index (χ2v) is 10.6. The molecular weight excluding hydrogens is 414 g/mol. The minimum absolute atomic E-state index is 0.0505. The van der Waals surface area contributed by atoms with E-state index >= 15 is 0 Å². The highest BCUT2D eigenvalue weighted by molar-refractivity contribution is 5.79. The summed E-state index contributed by atoms with van der Waals surface area (Å²) >= 11 is 0. The van der Waals surface area contributed by atoms with Gasteiger partial charge in [-0.25, -0.2) is 0 Å². The Morgan fingerprint density at radius 3 is 2.79 bits per heavy atom. The number of rotatable bonds is 10. The summed E-state index contributed by atoms with van der Waals surface area (Å²) in [5, 5.41) is 3.22. The lowest BCUT2D eigenvalue weighted by Crippen LogP contribution is -2.48. The Morgan fingerprint density at radius 2 is 1.97 bits per heavy atom. The number of likely N-dealkylation sites (tertiary alicyclic amines) is 1. The first kappa shape index (κ1) is 24.5. The van der Waals surface area contributed by atoms with Crippen molar-refractivity contribution >= 4 is 5.91 Å². The molecule has 0 radical (unpaired) electrons. The molecular formula is C27H43N3O3. The fourth-order valence-electron chi connectivity index (χ4n) is 5.61. The number of morpholine rings is 1. The number of piperidine rings is 1. The molecule has 1 amide bonds. The maximum Gasteiger partial charge on any atom is 0.224 e. The number of nitrogens with one attached hydrogen (secondary N) is 1. The van der Waals surface area contributed by atoms with Crippen LogP contribution in [0.1, 0.15) is 44.2 Å². The van der Waals surface area contributed by atoms with E-state index in [1.165, 1.54) is 30.4 Å². The summed E-state index contributed by atoms with van der Waals surface area (Å²) < 4.78 is 11.7. The number of carbonyl (C=O) groups excluding carboxylic acids is 1. The summed E-state index contributed by atoms with van der Waals surface area (Å²) in [5.74, 6) is 2.23. The van der Waals surface area contributed by atoms with Crippen LogP contribution >= 0.6 is 0 Å². The first-order valence-corrected chi connectivity index (χ1v) is 13.1. The fraction of sp³-hybridized carbons (Fsp3) is 0.741. The van der Waals surface area contributed by atoms with Crippen LogP contribution in [0.15, 0.2) is 18.2 Å². The third-order valence-electron chi connectivity index (χ3n) is 7.22. The molecule has 6 heteroatoms. The van der Waals surface area contributed by atoms with E-state index in [0.29, 0.717) is 18.4 Å². The fourth-order valence-corrected chi connectivity index (χ4v) is 5.61. The number of hydrogen-bond acceptors (Lipinski definition) is 5. The van der Waals surface area contributed by atoms with Crippen LogP contribution in [0.3, 0.4) is 0 Å². The molecule has 1 aromatic carbocycles. The van der Waals surface area contributed by atoms with E-state index in [-0.39, 0.29) is 11.8 Å². The van der Waals surface area contributed by atoms with Gasteiger partial charge in [0, 0.05) is 45.2 Å². The maximum absolute atomic E-state index is 13.0. The molecule has 4 rings (SSSR count). The van der Waals surface area contributed by atoms with E-state index in [4.69, 9.17) is 9.47 Å². The van der Waals surface area contributed by atoms with Crippen molar-refractivity contribution in [1.29, 1.82) is 0 Å². The first-order chi connectivity index (χ1) is 16.1. The highest BCUT2D eigenvalue weighted by atomic mass is 16.5. The number of amides is 1. The Kier molecular flexibility index (Phi) is 9.04. The molecule has 33 heavy (non-hydrogen) atoms. The summed E-state index contributed by atoms with van der Waals surface area (Å²) in [6.07, 6.45) is 5.54. The van der Waals surface area contributed by atoms with E-state index in [2.05, 4.69) is 47.2 Å². The lowest BCUT2D eigenvalue weighted by atomic mass is 9.88. The van der Waals surface area contributed by atoms with Gasteiger partial charge < -0.3 is 19.7 Å². The summed E-state index contributed by atoms with van der Waals surface area (Å²) in [4.78, 5) is 17.9. The van der Waals surface area contributed by atoms with Gasteiger partial charge in [0.15, 0.2) is 0 Å². The minimum atomic E-state index is 0.0505. The number of ether oxygens (including phenoxy) is 2. The Bertz CT molecular complexity index is 763. The summed E-state index contributed by atoms with van der Waals surface area (Å²) in [5.41, 5.74) is 2.93. The van der Waals surface area contributed by atoms with Crippen LogP contribution in [-0.2, 0) is 22.4 Å². The van der Waals surface area contributed by atoms with Gasteiger partial charge in [0.1, 0.15) is 5.75 Å². The Labute approximate surface area is 200 Å². The lowest BCUT2D eigenvalue weighted by molar-refractivity contribution is -0.127. The molecule has 1 aromatic rings. The number of carbonyl (C=O) groups is 1. The van der Waals surface area contributed by atoms with Gasteiger partial charge in [0.25, 0.3) is 0 Å². The molecule has 2 saturated heterocycles. The van der Waals surface area contributed by atoms with Crippen LogP contribution in [0.2, 0.25) is 0 Å². The predicted octanol–water partition coefficient (Wildman–Crippen LogP) is 2.99. The molecule has 1 aliphatic carbocycles. The van der Waals surface area contributed by atoms with Gasteiger partial charge >= 0.3 is 0 Å². The van der Waals surface area contributed by atoms with Crippen LogP contribution in [0, 0.1) is 17.8 Å². The van der Waals surface area contributed by atoms with Crippen LogP contribution in [0.4, 0.5) is 0 Å². The van der Waals surface area contributed by atoms with Crippen molar-refractivity contribution in [3.05, 3.63) is 29.3 Å². The number of aryl methyl sites for hydroxylation is 2. The topological polar surface area (TPSA) is 54.0 Å². The summed E-state index contributed by atoms with van der Waals surface area (Å²) in [6, 6.07) is 6.59. The van der Waals surface area contributed by atoms with Crippen molar-refractivity contribution in [1.82, 2.24) is 15.1 Å². The maximum atomic E-state index is 13.0. The van der Waals surface area contributed by atoms with Gasteiger partial charge in [-0.2, -0.15) is 0 Å². The van der Waals surface area contributed by atoms with Gasteiger partial charge in [-0.15, -0.1) is 0 Å². The highest BCUT2D eigenvalue weighted by Gasteiger charge is 2.32. The number of benzene rings is 1. The van der Waals surface area contributed by atoms with Crippen LogP contribution in [-0.4, -0.2) is 81.3 Å². The second kappa shape index (κ2) is 12.2. The SMILES string of the molecule is CC(C)CN1C[C@@H](COc2ccc3c(c2)CCC3)C[C@@H](C(=O)NCCCN2CCOCC2)C1. The Morgan fingerprint density at radius 1 is 1.15 bits per heavy atom. The molecule has 2 aliphatic heterocycles. The van der Waals surface area contributed by atoms with Crippen molar-refractivity contribution in [2.45, 2.75) is 46.0 Å². The van der Waals surface area contributed by atoms with Gasteiger partial charge in [0.05, 0.1) is 25.7 Å². The van der Waals surface area contributed by atoms with Crippen molar-refractivity contribution in [2.24, 2.45) is 17.8 Å². The molecule has 0 bridgehead atoms. The molecule has 1 N–H and O–H groups in total. The average Bonchev–Trinajstić information content (AvgIpc) is 3.28. The second-order valence-electron chi connectivity index (χ2n) is 10.6. The van der Waals surface area contributed by atoms with Crippen molar-refractivity contribution in [2.75, 3.05) is 65.6 Å². The lowest BCUT2D eigenvalue weighted by Gasteiger charge is -2.38. The van der Waals surface area contributed by atoms with Crippen molar-refractivity contribution < 1.29 is 14.3 Å². The van der Waals surface area contributed by atoms with Gasteiger partial charge in [-0.1, -0.05) is 19.9 Å². The molecule has 3 aliphatic rings. The summed E-state index contributed by atoms with van der Waals surface area (Å²) in [6.45, 7) is 13.6. The third kappa shape index (κ3) is 7.43. The molecule has 6 nitrogen and oxygen atoms in total. The van der Waals surface area contributed by atoms with E-state index < -0.39 is 0 Å². The number of nitrogens with zero attached hydrogens (tertiary/aromatic N) is 2. The monoisotopic (exact) mass is 457 g/mol. The van der Waals surface area contributed by atoms with Crippen LogP contribution < -0.4 is 10.1 Å². The van der Waals surface area contributed by atoms with Gasteiger partial charge in [-0.05, 0) is 67.8 Å². The molecule has 184 valence electrons. The van der Waals surface area contributed by atoms with Crippen LogP contribution in [0.5, 0.6) is 5.75 Å². The normalized spacial score (nSPS) is 24.1. The number of fused-ring (bicyclic) bond motifs is 1. The third-order valence-corrected chi connectivity index (χ3v) is 7.22. The summed E-state index contributed by atoms with van der Waals surface area (Å²) in [7, 11) is 0. The molecule has 0 saturated carbocycles. The van der Waals surface area contributed by atoms with Crippen LogP contribution in [0.25, 0.3) is 0 Å². The Hall–Kier alpha value is -1.63. The quantitative estimate of drug-likeness (QED) is 0.548. The largest absolute Gasteiger partial charge is 0.493 e.